The van der Waals surface area contributed by atoms with E-state index in [0.717, 1.165) is 18.5 Å². The zero-order valence-electron chi connectivity index (χ0n) is 10.9. The van der Waals surface area contributed by atoms with E-state index in [2.05, 4.69) is 5.32 Å². The van der Waals surface area contributed by atoms with E-state index in [1.165, 1.54) is 24.2 Å². The Morgan fingerprint density at radius 1 is 1.28 bits per heavy atom. The van der Waals surface area contributed by atoms with Gasteiger partial charge in [0.1, 0.15) is 0 Å². The van der Waals surface area contributed by atoms with Crippen molar-refractivity contribution in [3.8, 4) is 0 Å². The van der Waals surface area contributed by atoms with Gasteiger partial charge in [0.05, 0.1) is 0 Å². The normalized spacial score (nSPS) is 20.4. The second-order valence-electron chi connectivity index (χ2n) is 4.86. The molecule has 1 aromatic carbocycles. The van der Waals surface area contributed by atoms with Gasteiger partial charge in [0.2, 0.25) is 0 Å². The highest BCUT2D eigenvalue weighted by molar-refractivity contribution is 7.98. The third-order valence-electron chi connectivity index (χ3n) is 3.51. The molecule has 98 valence electrons. The molecule has 1 fully saturated rings. The van der Waals surface area contributed by atoms with Crippen LogP contribution in [-0.2, 0) is 0 Å². The van der Waals surface area contributed by atoms with Crippen LogP contribution in [0.4, 0.5) is 0 Å². The fourth-order valence-corrected chi connectivity index (χ4v) is 2.80. The largest absolute Gasteiger partial charge is 0.314 e. The molecule has 1 aliphatic heterocycles. The quantitative estimate of drug-likeness (QED) is 0.666. The summed E-state index contributed by atoms with van der Waals surface area (Å²) in [5, 5.41) is 3.48. The van der Waals surface area contributed by atoms with Crippen LogP contribution in [0.1, 0.15) is 42.5 Å². The molecular formula is C15H21NOS. The van der Waals surface area contributed by atoms with E-state index in [1.54, 1.807) is 11.8 Å². The van der Waals surface area contributed by atoms with Crippen molar-refractivity contribution in [3.05, 3.63) is 29.8 Å². The van der Waals surface area contributed by atoms with Gasteiger partial charge in [-0.3, -0.25) is 4.79 Å². The van der Waals surface area contributed by atoms with E-state index < -0.39 is 0 Å². The first-order chi connectivity index (χ1) is 8.79. The highest BCUT2D eigenvalue weighted by Crippen LogP contribution is 2.17. The first-order valence-electron chi connectivity index (χ1n) is 6.70. The van der Waals surface area contributed by atoms with Crippen LogP contribution >= 0.6 is 11.8 Å². The second-order valence-corrected chi connectivity index (χ2v) is 5.74. The molecule has 2 nitrogen and oxygen atoms in total. The van der Waals surface area contributed by atoms with Gasteiger partial charge in [-0.1, -0.05) is 25.0 Å². The Labute approximate surface area is 114 Å². The molecule has 18 heavy (non-hydrogen) atoms. The lowest BCUT2D eigenvalue weighted by Crippen LogP contribution is -2.30. The van der Waals surface area contributed by atoms with Gasteiger partial charge in [-0.2, -0.15) is 0 Å². The zero-order chi connectivity index (χ0) is 12.8. The van der Waals surface area contributed by atoms with Crippen LogP contribution in [0.3, 0.4) is 0 Å². The molecule has 0 bridgehead atoms. The number of ketones is 1. The van der Waals surface area contributed by atoms with Crippen molar-refractivity contribution in [2.45, 2.75) is 43.0 Å². The van der Waals surface area contributed by atoms with Crippen LogP contribution < -0.4 is 5.32 Å². The van der Waals surface area contributed by atoms with Gasteiger partial charge in [0.25, 0.3) is 0 Å². The number of nitrogens with one attached hydrogen (secondary N) is 1. The molecule has 1 saturated heterocycles. The molecule has 1 heterocycles. The number of carbonyl (C=O) groups is 1. The third kappa shape index (κ3) is 3.85. The van der Waals surface area contributed by atoms with Gasteiger partial charge in [0, 0.05) is 22.9 Å². The maximum absolute atomic E-state index is 12.2. The first kappa shape index (κ1) is 13.6. The van der Waals surface area contributed by atoms with Gasteiger partial charge in [0.15, 0.2) is 5.78 Å². The Morgan fingerprint density at radius 2 is 2.06 bits per heavy atom. The zero-order valence-corrected chi connectivity index (χ0v) is 11.8. The van der Waals surface area contributed by atoms with Crippen molar-refractivity contribution in [1.82, 2.24) is 5.32 Å². The predicted molar refractivity (Wildman–Crippen MR) is 77.4 cm³/mol. The maximum atomic E-state index is 12.2. The molecule has 1 aliphatic rings. The Bertz CT molecular complexity index is 380. The summed E-state index contributed by atoms with van der Waals surface area (Å²) in [7, 11) is 0. The molecule has 3 heteroatoms. The van der Waals surface area contributed by atoms with Crippen molar-refractivity contribution in [1.29, 1.82) is 0 Å². The standard InChI is InChI=1S/C15H21NOS/c1-18-14-8-6-12(7-9-14)15(17)11-13-5-3-2-4-10-16-13/h6-9,13,16H,2-5,10-11H2,1H3. The van der Waals surface area contributed by atoms with Crippen molar-refractivity contribution in [2.75, 3.05) is 12.8 Å². The van der Waals surface area contributed by atoms with E-state index in [1.807, 2.05) is 30.5 Å². The Morgan fingerprint density at radius 3 is 2.78 bits per heavy atom. The number of rotatable bonds is 4. The van der Waals surface area contributed by atoms with E-state index in [4.69, 9.17) is 0 Å². The highest BCUT2D eigenvalue weighted by atomic mass is 32.2. The predicted octanol–water partition coefficient (Wildman–Crippen LogP) is 3.51. The van der Waals surface area contributed by atoms with Gasteiger partial charge in [-0.05, 0) is 37.8 Å². The molecule has 0 amide bonds. The highest BCUT2D eigenvalue weighted by Gasteiger charge is 2.16. The lowest BCUT2D eigenvalue weighted by Gasteiger charge is -2.14. The molecule has 1 aromatic rings. The summed E-state index contributed by atoms with van der Waals surface area (Å²) >= 11 is 1.70. The van der Waals surface area contributed by atoms with Crippen LogP contribution in [0.5, 0.6) is 0 Å². The molecular weight excluding hydrogens is 242 g/mol. The number of hydrogen-bond donors (Lipinski definition) is 1. The van der Waals surface area contributed by atoms with E-state index in [0.29, 0.717) is 12.5 Å². The summed E-state index contributed by atoms with van der Waals surface area (Å²) in [6.45, 7) is 1.06. The fraction of sp³-hybridized carbons (Fsp3) is 0.533. The summed E-state index contributed by atoms with van der Waals surface area (Å²) in [6.07, 6.45) is 7.60. The third-order valence-corrected chi connectivity index (χ3v) is 4.25. The number of carbonyl (C=O) groups excluding carboxylic acids is 1. The SMILES string of the molecule is CSc1ccc(C(=O)CC2CCCCCN2)cc1. The van der Waals surface area contributed by atoms with Crippen LogP contribution in [-0.4, -0.2) is 24.6 Å². The van der Waals surface area contributed by atoms with Crippen molar-refractivity contribution >= 4 is 17.5 Å². The number of benzene rings is 1. The van der Waals surface area contributed by atoms with E-state index in [9.17, 15) is 4.79 Å². The average Bonchev–Trinajstić information content (AvgIpc) is 2.67. The van der Waals surface area contributed by atoms with Crippen LogP contribution in [0.15, 0.2) is 29.2 Å². The summed E-state index contributed by atoms with van der Waals surface area (Å²) in [5.74, 6) is 0.266. The van der Waals surface area contributed by atoms with Gasteiger partial charge in [-0.25, -0.2) is 0 Å². The van der Waals surface area contributed by atoms with Gasteiger partial charge in [-0.15, -0.1) is 11.8 Å². The van der Waals surface area contributed by atoms with Crippen LogP contribution in [0.25, 0.3) is 0 Å². The Balaban J connectivity index is 1.93. The summed E-state index contributed by atoms with van der Waals surface area (Å²) in [4.78, 5) is 13.4. The summed E-state index contributed by atoms with van der Waals surface area (Å²) in [5.41, 5.74) is 0.846. The molecule has 1 atom stereocenters. The molecule has 0 aromatic heterocycles. The second kappa shape index (κ2) is 6.95. The minimum Gasteiger partial charge on any atom is -0.314 e. The Hall–Kier alpha value is -0.800. The van der Waals surface area contributed by atoms with Crippen molar-refractivity contribution in [2.24, 2.45) is 0 Å². The molecule has 2 rings (SSSR count). The van der Waals surface area contributed by atoms with E-state index in [-0.39, 0.29) is 5.78 Å². The molecule has 0 spiro atoms. The summed E-state index contributed by atoms with van der Waals surface area (Å²) in [6, 6.07) is 8.33. The van der Waals surface area contributed by atoms with Crippen LogP contribution in [0.2, 0.25) is 0 Å². The Kier molecular flexibility index (Phi) is 5.26. The number of thioether (sulfide) groups is 1. The molecule has 0 saturated carbocycles. The number of Topliss-reactive ketones (excluding diaryl/α,β-unsaturated/α-hetero) is 1. The maximum Gasteiger partial charge on any atom is 0.164 e. The first-order valence-corrected chi connectivity index (χ1v) is 7.92. The molecule has 0 aliphatic carbocycles. The van der Waals surface area contributed by atoms with E-state index >= 15 is 0 Å². The van der Waals surface area contributed by atoms with Crippen LogP contribution in [0, 0.1) is 0 Å². The number of hydrogen-bond acceptors (Lipinski definition) is 3. The van der Waals surface area contributed by atoms with Crippen molar-refractivity contribution < 1.29 is 4.79 Å². The average molecular weight is 263 g/mol. The minimum atomic E-state index is 0.266. The minimum absolute atomic E-state index is 0.266. The lowest BCUT2D eigenvalue weighted by atomic mass is 10.0. The van der Waals surface area contributed by atoms with Crippen molar-refractivity contribution in [3.63, 3.8) is 0 Å². The molecule has 1 unspecified atom stereocenters. The monoisotopic (exact) mass is 263 g/mol. The smallest absolute Gasteiger partial charge is 0.164 e. The summed E-state index contributed by atoms with van der Waals surface area (Å²) < 4.78 is 0. The molecule has 0 radical (unpaired) electrons. The fourth-order valence-electron chi connectivity index (χ4n) is 2.39. The van der Waals surface area contributed by atoms with Gasteiger partial charge >= 0.3 is 0 Å². The van der Waals surface area contributed by atoms with Gasteiger partial charge < -0.3 is 5.32 Å². The topological polar surface area (TPSA) is 29.1 Å². The molecule has 1 N–H and O–H groups in total. The lowest BCUT2D eigenvalue weighted by molar-refractivity contribution is 0.0968.